The first-order valence-corrected chi connectivity index (χ1v) is 7.14. The highest BCUT2D eigenvalue weighted by molar-refractivity contribution is 5.45. The number of hydrogen-bond acceptors (Lipinski definition) is 3. The topological polar surface area (TPSA) is 35.5 Å². The van der Waals surface area contributed by atoms with Crippen molar-refractivity contribution in [1.29, 1.82) is 0 Å². The van der Waals surface area contributed by atoms with Gasteiger partial charge in [0.1, 0.15) is 0 Å². The molecule has 0 amide bonds. The highest BCUT2D eigenvalue weighted by Gasteiger charge is 2.24. The molecule has 1 rings (SSSR count). The summed E-state index contributed by atoms with van der Waals surface area (Å²) in [6.45, 7) is 6.27. The maximum atomic E-state index is 9.53. The molecule has 0 saturated carbocycles. The van der Waals surface area contributed by atoms with Crippen LogP contribution in [0.15, 0.2) is 24.3 Å². The van der Waals surface area contributed by atoms with Gasteiger partial charge in [0, 0.05) is 44.9 Å². The first-order chi connectivity index (χ1) is 9.06. The van der Waals surface area contributed by atoms with E-state index in [1.165, 1.54) is 11.3 Å². The summed E-state index contributed by atoms with van der Waals surface area (Å²) in [5.74, 6) is 0. The summed E-state index contributed by atoms with van der Waals surface area (Å²) in [6, 6.07) is 8.58. The number of aliphatic hydroxyl groups excluding tert-OH is 1. The van der Waals surface area contributed by atoms with Crippen LogP contribution in [0, 0.1) is 5.41 Å². The summed E-state index contributed by atoms with van der Waals surface area (Å²) in [5.41, 5.74) is 2.53. The third kappa shape index (κ3) is 4.51. The van der Waals surface area contributed by atoms with Gasteiger partial charge in [0.2, 0.25) is 0 Å². The highest BCUT2D eigenvalue weighted by Crippen LogP contribution is 2.24. The first-order valence-electron chi connectivity index (χ1n) is 7.14. The Labute approximate surface area is 117 Å². The first kappa shape index (κ1) is 16.0. The van der Waals surface area contributed by atoms with E-state index in [2.05, 4.69) is 48.3 Å². The molecule has 1 aromatic rings. The van der Waals surface area contributed by atoms with Gasteiger partial charge >= 0.3 is 0 Å². The van der Waals surface area contributed by atoms with Gasteiger partial charge in [0.15, 0.2) is 0 Å². The van der Waals surface area contributed by atoms with Crippen LogP contribution in [0.2, 0.25) is 0 Å². The Hall–Kier alpha value is -1.06. The minimum atomic E-state index is 0.0313. The van der Waals surface area contributed by atoms with Gasteiger partial charge in [-0.15, -0.1) is 0 Å². The van der Waals surface area contributed by atoms with Gasteiger partial charge in [-0.25, -0.2) is 0 Å². The molecule has 0 aliphatic rings. The third-order valence-corrected chi connectivity index (χ3v) is 4.12. The molecule has 0 saturated heterocycles. The van der Waals surface area contributed by atoms with Crippen molar-refractivity contribution in [3.63, 3.8) is 0 Å². The fraction of sp³-hybridized carbons (Fsp3) is 0.625. The van der Waals surface area contributed by atoms with Crippen LogP contribution in [0.3, 0.4) is 0 Å². The summed E-state index contributed by atoms with van der Waals surface area (Å²) in [5, 5.41) is 13.0. The van der Waals surface area contributed by atoms with Crippen molar-refractivity contribution in [3.05, 3.63) is 29.8 Å². The fourth-order valence-corrected chi connectivity index (χ4v) is 2.16. The zero-order valence-corrected chi connectivity index (χ0v) is 12.7. The number of hydrogen-bond donors (Lipinski definition) is 2. The lowest BCUT2D eigenvalue weighted by atomic mass is 9.83. The molecule has 0 spiro atoms. The summed E-state index contributed by atoms with van der Waals surface area (Å²) >= 11 is 0. The van der Waals surface area contributed by atoms with Crippen LogP contribution >= 0.6 is 0 Å². The van der Waals surface area contributed by atoms with Crippen LogP contribution < -0.4 is 10.2 Å². The van der Waals surface area contributed by atoms with Gasteiger partial charge in [0.05, 0.1) is 0 Å². The molecule has 0 fully saturated rings. The minimum Gasteiger partial charge on any atom is -0.396 e. The molecular weight excluding hydrogens is 236 g/mol. The predicted molar refractivity (Wildman–Crippen MR) is 82.6 cm³/mol. The molecule has 0 radical (unpaired) electrons. The van der Waals surface area contributed by atoms with Crippen molar-refractivity contribution in [3.8, 4) is 0 Å². The number of benzene rings is 1. The lowest BCUT2D eigenvalue weighted by molar-refractivity contribution is 0.113. The second kappa shape index (κ2) is 7.51. The molecule has 0 unspecified atom stereocenters. The molecule has 0 aliphatic carbocycles. The van der Waals surface area contributed by atoms with Gasteiger partial charge in [-0.3, -0.25) is 0 Å². The van der Waals surface area contributed by atoms with Crippen LogP contribution in [-0.2, 0) is 6.54 Å². The fourth-order valence-electron chi connectivity index (χ4n) is 2.16. The van der Waals surface area contributed by atoms with Gasteiger partial charge < -0.3 is 15.3 Å². The van der Waals surface area contributed by atoms with Crippen LogP contribution in [0.5, 0.6) is 0 Å². The number of anilines is 1. The van der Waals surface area contributed by atoms with Gasteiger partial charge in [0.25, 0.3) is 0 Å². The van der Waals surface area contributed by atoms with E-state index in [1.54, 1.807) is 0 Å². The SMILES string of the molecule is CCC(CC)(CO)CNCc1ccc(N(C)C)cc1. The second-order valence-electron chi connectivity index (χ2n) is 5.53. The van der Waals surface area contributed by atoms with E-state index in [1.807, 2.05) is 14.1 Å². The predicted octanol–water partition coefficient (Wildman–Crippen LogP) is 2.64. The van der Waals surface area contributed by atoms with E-state index < -0.39 is 0 Å². The molecule has 0 aromatic heterocycles. The summed E-state index contributed by atoms with van der Waals surface area (Å²) in [4.78, 5) is 2.10. The molecule has 0 bridgehead atoms. The van der Waals surface area contributed by atoms with Crippen LogP contribution in [0.1, 0.15) is 32.3 Å². The minimum absolute atomic E-state index is 0.0313. The lowest BCUT2D eigenvalue weighted by Gasteiger charge is -2.29. The van der Waals surface area contributed by atoms with Gasteiger partial charge in [-0.05, 0) is 30.5 Å². The molecule has 3 nitrogen and oxygen atoms in total. The Balaban J connectivity index is 2.48. The summed E-state index contributed by atoms with van der Waals surface area (Å²) in [7, 11) is 4.09. The number of nitrogens with one attached hydrogen (secondary N) is 1. The molecule has 0 atom stereocenters. The largest absolute Gasteiger partial charge is 0.396 e. The molecule has 1 aromatic carbocycles. The molecule has 0 heterocycles. The van der Waals surface area contributed by atoms with Crippen molar-refractivity contribution in [1.82, 2.24) is 5.32 Å². The second-order valence-corrected chi connectivity index (χ2v) is 5.53. The molecular formula is C16H28N2O. The molecule has 0 aliphatic heterocycles. The zero-order chi connectivity index (χ0) is 14.3. The van der Waals surface area contributed by atoms with Crippen molar-refractivity contribution >= 4 is 5.69 Å². The normalized spacial score (nSPS) is 11.6. The Morgan fingerprint density at radius 3 is 2.11 bits per heavy atom. The van der Waals surface area contributed by atoms with Gasteiger partial charge in [-0.2, -0.15) is 0 Å². The van der Waals surface area contributed by atoms with E-state index in [9.17, 15) is 5.11 Å². The lowest BCUT2D eigenvalue weighted by Crippen LogP contribution is -2.36. The van der Waals surface area contributed by atoms with E-state index in [4.69, 9.17) is 0 Å². The average molecular weight is 264 g/mol. The van der Waals surface area contributed by atoms with Crippen molar-refractivity contribution in [2.24, 2.45) is 5.41 Å². The molecule has 3 heteroatoms. The quantitative estimate of drug-likeness (QED) is 0.757. The van der Waals surface area contributed by atoms with Crippen molar-refractivity contribution < 1.29 is 5.11 Å². The smallest absolute Gasteiger partial charge is 0.0499 e. The van der Waals surface area contributed by atoms with Crippen LogP contribution in [0.4, 0.5) is 5.69 Å². The van der Waals surface area contributed by atoms with Crippen LogP contribution in [0.25, 0.3) is 0 Å². The number of rotatable bonds is 8. The highest BCUT2D eigenvalue weighted by atomic mass is 16.3. The van der Waals surface area contributed by atoms with Crippen LogP contribution in [-0.4, -0.2) is 32.4 Å². The third-order valence-electron chi connectivity index (χ3n) is 4.12. The summed E-state index contributed by atoms with van der Waals surface area (Å²) < 4.78 is 0. The standard InChI is InChI=1S/C16H28N2O/c1-5-16(6-2,13-19)12-17-11-14-7-9-15(10-8-14)18(3)4/h7-10,17,19H,5-6,11-13H2,1-4H3. The Morgan fingerprint density at radius 2 is 1.68 bits per heavy atom. The van der Waals surface area contributed by atoms with E-state index in [0.29, 0.717) is 0 Å². The maximum Gasteiger partial charge on any atom is 0.0499 e. The van der Waals surface area contributed by atoms with E-state index in [0.717, 1.165) is 25.9 Å². The van der Waals surface area contributed by atoms with E-state index >= 15 is 0 Å². The monoisotopic (exact) mass is 264 g/mol. The average Bonchev–Trinajstić information content (AvgIpc) is 2.45. The Kier molecular flexibility index (Phi) is 6.32. The van der Waals surface area contributed by atoms with E-state index in [-0.39, 0.29) is 12.0 Å². The molecule has 108 valence electrons. The zero-order valence-electron chi connectivity index (χ0n) is 12.7. The molecule has 19 heavy (non-hydrogen) atoms. The van der Waals surface area contributed by atoms with Crippen molar-refractivity contribution in [2.75, 3.05) is 32.1 Å². The molecule has 2 N–H and O–H groups in total. The van der Waals surface area contributed by atoms with Crippen molar-refractivity contribution in [2.45, 2.75) is 33.2 Å². The van der Waals surface area contributed by atoms with Gasteiger partial charge in [-0.1, -0.05) is 26.0 Å². The number of aliphatic hydroxyl groups is 1. The summed E-state index contributed by atoms with van der Waals surface area (Å²) in [6.07, 6.45) is 2.01. The maximum absolute atomic E-state index is 9.53. The Bertz CT molecular complexity index is 347. The number of nitrogens with zero attached hydrogens (tertiary/aromatic N) is 1. The Morgan fingerprint density at radius 1 is 1.11 bits per heavy atom.